The maximum Gasteiger partial charge on any atom is 0.0953 e. The first-order chi connectivity index (χ1) is 4.34. The predicted molar refractivity (Wildman–Crippen MR) is 38.7 cm³/mol. The smallest absolute Gasteiger partial charge is 0.0953 e. The number of alkyl halides is 1. The van der Waals surface area contributed by atoms with E-state index in [9.17, 15) is 0 Å². The summed E-state index contributed by atoms with van der Waals surface area (Å²) in [6, 6.07) is 0. The van der Waals surface area contributed by atoms with E-state index >= 15 is 0 Å². The van der Waals surface area contributed by atoms with Gasteiger partial charge in [0.25, 0.3) is 0 Å². The van der Waals surface area contributed by atoms with Crippen LogP contribution in [0.2, 0.25) is 0 Å². The van der Waals surface area contributed by atoms with Crippen molar-refractivity contribution >= 4 is 11.6 Å². The monoisotopic (exact) mass is 144 g/mol. The lowest BCUT2D eigenvalue weighted by Gasteiger charge is -2.15. The first-order valence-electron chi connectivity index (χ1n) is 2.86. The van der Waals surface area contributed by atoms with E-state index in [0.29, 0.717) is 0 Å². The van der Waals surface area contributed by atoms with Crippen molar-refractivity contribution in [2.24, 2.45) is 0 Å². The third-order valence-corrected chi connectivity index (χ3v) is 1.69. The summed E-state index contributed by atoms with van der Waals surface area (Å²) >= 11 is 5.82. The Kier molecular flexibility index (Phi) is 2.31. The molecule has 0 saturated heterocycles. The molecular weight excluding hydrogens is 136 g/mol. The topological polar surface area (TPSA) is 9.23 Å². The van der Waals surface area contributed by atoms with Gasteiger partial charge in [-0.3, -0.25) is 0 Å². The van der Waals surface area contributed by atoms with Gasteiger partial charge in [0.2, 0.25) is 0 Å². The van der Waals surface area contributed by atoms with Gasteiger partial charge in [0.1, 0.15) is 0 Å². The molecular formula is C7H9ClO. The minimum absolute atomic E-state index is 0.000000000000000222. The zero-order valence-electron chi connectivity index (χ0n) is 5.25. The Morgan fingerprint density at radius 1 is 1.33 bits per heavy atom. The van der Waals surface area contributed by atoms with Crippen molar-refractivity contribution in [3.63, 3.8) is 0 Å². The quantitative estimate of drug-likeness (QED) is 0.510. The van der Waals surface area contributed by atoms with Gasteiger partial charge in [-0.05, 0) is 0 Å². The largest absolute Gasteiger partial charge is 0.375 e. The van der Waals surface area contributed by atoms with Gasteiger partial charge in [0.05, 0.1) is 11.5 Å². The first kappa shape index (κ1) is 6.84. The highest BCUT2D eigenvalue weighted by atomic mass is 35.5. The van der Waals surface area contributed by atoms with Crippen molar-refractivity contribution in [1.29, 1.82) is 0 Å². The molecule has 2 unspecified atom stereocenters. The third kappa shape index (κ3) is 1.57. The molecule has 50 valence electrons. The van der Waals surface area contributed by atoms with Crippen molar-refractivity contribution in [3.05, 3.63) is 24.3 Å². The van der Waals surface area contributed by atoms with Crippen LogP contribution >= 0.6 is 11.6 Å². The Bertz CT molecular complexity index is 140. The molecule has 0 radical (unpaired) electrons. The van der Waals surface area contributed by atoms with Gasteiger partial charge in [-0.25, -0.2) is 0 Å². The van der Waals surface area contributed by atoms with Crippen LogP contribution in [-0.2, 0) is 4.74 Å². The van der Waals surface area contributed by atoms with E-state index < -0.39 is 0 Å². The summed E-state index contributed by atoms with van der Waals surface area (Å²) in [7, 11) is 1.66. The molecule has 9 heavy (non-hydrogen) atoms. The van der Waals surface area contributed by atoms with Crippen LogP contribution in [0, 0.1) is 0 Å². The number of hydrogen-bond donors (Lipinski definition) is 0. The minimum Gasteiger partial charge on any atom is -0.375 e. The van der Waals surface area contributed by atoms with E-state index in [1.807, 2.05) is 24.3 Å². The van der Waals surface area contributed by atoms with Crippen molar-refractivity contribution in [2.45, 2.75) is 11.5 Å². The van der Waals surface area contributed by atoms with Crippen molar-refractivity contribution in [3.8, 4) is 0 Å². The predicted octanol–water partition coefficient (Wildman–Crippen LogP) is 1.73. The summed E-state index contributed by atoms with van der Waals surface area (Å²) in [5.41, 5.74) is 0. The molecule has 1 aliphatic rings. The Hall–Kier alpha value is -0.270. The molecule has 0 heterocycles. The molecule has 0 bridgehead atoms. The van der Waals surface area contributed by atoms with Crippen LogP contribution in [0.3, 0.4) is 0 Å². The van der Waals surface area contributed by atoms with Crippen molar-refractivity contribution in [2.75, 3.05) is 7.11 Å². The Morgan fingerprint density at radius 2 is 2.00 bits per heavy atom. The average Bonchev–Trinajstić information content (AvgIpc) is 1.89. The molecule has 0 aliphatic heterocycles. The fourth-order valence-corrected chi connectivity index (χ4v) is 1.04. The second-order valence-corrected chi connectivity index (χ2v) is 2.42. The van der Waals surface area contributed by atoms with Gasteiger partial charge in [0.15, 0.2) is 0 Å². The summed E-state index contributed by atoms with van der Waals surface area (Å²) < 4.78 is 5.03. The highest BCUT2D eigenvalue weighted by molar-refractivity contribution is 6.22. The SMILES string of the molecule is COC1C=CC=CC1Cl. The van der Waals surface area contributed by atoms with Crippen LogP contribution in [0.1, 0.15) is 0 Å². The van der Waals surface area contributed by atoms with E-state index in [1.54, 1.807) is 7.11 Å². The van der Waals surface area contributed by atoms with Crippen LogP contribution in [0.15, 0.2) is 24.3 Å². The molecule has 2 heteroatoms. The van der Waals surface area contributed by atoms with Crippen LogP contribution in [-0.4, -0.2) is 18.6 Å². The molecule has 2 atom stereocenters. The fraction of sp³-hybridized carbons (Fsp3) is 0.429. The molecule has 0 aromatic heterocycles. The number of rotatable bonds is 1. The normalized spacial score (nSPS) is 33.1. The first-order valence-corrected chi connectivity index (χ1v) is 3.30. The molecule has 0 fully saturated rings. The maximum absolute atomic E-state index is 5.82. The average molecular weight is 145 g/mol. The summed E-state index contributed by atoms with van der Waals surface area (Å²) in [6.45, 7) is 0. The summed E-state index contributed by atoms with van der Waals surface area (Å²) in [5, 5.41) is -0.000000000000000222. The van der Waals surface area contributed by atoms with Crippen LogP contribution in [0.5, 0.6) is 0 Å². The zero-order valence-corrected chi connectivity index (χ0v) is 6.01. The number of ether oxygens (including phenoxy) is 1. The second kappa shape index (κ2) is 3.04. The van der Waals surface area contributed by atoms with E-state index in [1.165, 1.54) is 0 Å². The lowest BCUT2D eigenvalue weighted by Crippen LogP contribution is -2.20. The van der Waals surface area contributed by atoms with Gasteiger partial charge in [-0.1, -0.05) is 24.3 Å². The summed E-state index contributed by atoms with van der Waals surface area (Å²) in [6.07, 6.45) is 7.77. The molecule has 0 aromatic rings. The lowest BCUT2D eigenvalue weighted by atomic mass is 10.1. The third-order valence-electron chi connectivity index (χ3n) is 1.29. The summed E-state index contributed by atoms with van der Waals surface area (Å²) in [4.78, 5) is 0. The molecule has 1 rings (SSSR count). The fourth-order valence-electron chi connectivity index (χ4n) is 0.768. The molecule has 1 nitrogen and oxygen atoms in total. The van der Waals surface area contributed by atoms with Gasteiger partial charge < -0.3 is 4.74 Å². The molecule has 0 spiro atoms. The zero-order chi connectivity index (χ0) is 6.69. The van der Waals surface area contributed by atoms with E-state index in [4.69, 9.17) is 16.3 Å². The van der Waals surface area contributed by atoms with Crippen molar-refractivity contribution in [1.82, 2.24) is 0 Å². The Balaban J connectivity index is 2.55. The standard InChI is InChI=1S/C7H9ClO/c1-9-7-5-3-2-4-6(7)8/h2-7H,1H3. The molecule has 0 amide bonds. The van der Waals surface area contributed by atoms with Crippen LogP contribution < -0.4 is 0 Å². The number of hydrogen-bond acceptors (Lipinski definition) is 1. The number of halogens is 1. The van der Waals surface area contributed by atoms with Gasteiger partial charge in [-0.15, -0.1) is 11.6 Å². The van der Waals surface area contributed by atoms with Crippen molar-refractivity contribution < 1.29 is 4.74 Å². The molecule has 0 saturated carbocycles. The maximum atomic E-state index is 5.82. The highest BCUT2D eigenvalue weighted by Gasteiger charge is 2.13. The Morgan fingerprint density at radius 3 is 2.44 bits per heavy atom. The lowest BCUT2D eigenvalue weighted by molar-refractivity contribution is 0.145. The van der Waals surface area contributed by atoms with Gasteiger partial charge in [-0.2, -0.15) is 0 Å². The highest BCUT2D eigenvalue weighted by Crippen LogP contribution is 2.13. The minimum atomic E-state index is -0.000000000000000222. The Labute approximate surface area is 60.0 Å². The van der Waals surface area contributed by atoms with Gasteiger partial charge >= 0.3 is 0 Å². The second-order valence-electron chi connectivity index (χ2n) is 1.91. The van der Waals surface area contributed by atoms with E-state index in [-0.39, 0.29) is 11.5 Å². The van der Waals surface area contributed by atoms with E-state index in [2.05, 4.69) is 0 Å². The number of methoxy groups -OCH3 is 1. The van der Waals surface area contributed by atoms with Crippen LogP contribution in [0.4, 0.5) is 0 Å². The number of allylic oxidation sites excluding steroid dienone is 2. The molecule has 0 N–H and O–H groups in total. The van der Waals surface area contributed by atoms with Gasteiger partial charge in [0, 0.05) is 7.11 Å². The summed E-state index contributed by atoms with van der Waals surface area (Å²) in [5.74, 6) is 0. The molecule has 0 aromatic carbocycles. The molecule has 1 aliphatic carbocycles. The van der Waals surface area contributed by atoms with E-state index in [0.717, 1.165) is 0 Å². The van der Waals surface area contributed by atoms with Crippen LogP contribution in [0.25, 0.3) is 0 Å².